The number of fused-ring (bicyclic) bond motifs is 2. The number of hydrogen-bond donors (Lipinski definition) is 1. The third-order valence-electron chi connectivity index (χ3n) is 5.17. The Morgan fingerprint density at radius 3 is 2.84 bits per heavy atom. The maximum Gasteiger partial charge on any atom is 0.334 e. The fourth-order valence-electron chi connectivity index (χ4n) is 3.98. The second kappa shape index (κ2) is 3.79. The van der Waals surface area contributed by atoms with Gasteiger partial charge in [-0.25, -0.2) is 4.79 Å². The summed E-state index contributed by atoms with van der Waals surface area (Å²) in [6.07, 6.45) is 2.83. The fraction of sp³-hybridized carbons (Fsp3) is 0.600. The van der Waals surface area contributed by atoms with Crippen LogP contribution < -0.4 is 0 Å². The van der Waals surface area contributed by atoms with Crippen molar-refractivity contribution in [3.05, 3.63) is 24.3 Å². The highest BCUT2D eigenvalue weighted by Gasteiger charge is 2.59. The molecule has 2 fully saturated rings. The van der Waals surface area contributed by atoms with Gasteiger partial charge in [-0.15, -0.1) is 0 Å². The summed E-state index contributed by atoms with van der Waals surface area (Å²) in [5.74, 6) is -0.802. The van der Waals surface area contributed by atoms with Crippen molar-refractivity contribution in [1.82, 2.24) is 0 Å². The standard InChI is InChI=1S/C15H18O4/c1-7-6-10-12(8(2)14(18)19-10)13(17)15(3)9(7)4-5-11(15)16/h4-5,7,9-10,12-13,17H,2,6H2,1,3H3/t7-,9+,10+,12-,13?,15+/m1/s1. The van der Waals surface area contributed by atoms with E-state index in [1.54, 1.807) is 13.0 Å². The fourth-order valence-corrected chi connectivity index (χ4v) is 3.98. The summed E-state index contributed by atoms with van der Waals surface area (Å²) in [7, 11) is 0. The second-order valence-electron chi connectivity index (χ2n) is 6.18. The molecule has 19 heavy (non-hydrogen) atoms. The zero-order valence-electron chi connectivity index (χ0n) is 11.1. The van der Waals surface area contributed by atoms with Gasteiger partial charge in [0.25, 0.3) is 0 Å². The van der Waals surface area contributed by atoms with Crippen LogP contribution in [-0.4, -0.2) is 29.1 Å². The van der Waals surface area contributed by atoms with E-state index in [1.807, 2.05) is 13.0 Å². The Bertz CT molecular complexity index is 506. The molecule has 1 unspecified atom stereocenters. The van der Waals surface area contributed by atoms with Crippen molar-refractivity contribution < 1.29 is 19.4 Å². The average molecular weight is 262 g/mol. The van der Waals surface area contributed by atoms with Crippen LogP contribution in [0, 0.1) is 23.2 Å². The number of ketones is 1. The van der Waals surface area contributed by atoms with Crippen molar-refractivity contribution in [3.63, 3.8) is 0 Å². The number of carbonyl (C=O) groups excluding carboxylic acids is 2. The molecule has 2 aliphatic carbocycles. The molecule has 0 radical (unpaired) electrons. The Labute approximate surface area is 112 Å². The summed E-state index contributed by atoms with van der Waals surface area (Å²) in [6.45, 7) is 7.57. The molecular weight excluding hydrogens is 244 g/mol. The van der Waals surface area contributed by atoms with Crippen molar-refractivity contribution in [3.8, 4) is 0 Å². The topological polar surface area (TPSA) is 63.6 Å². The highest BCUT2D eigenvalue weighted by molar-refractivity contribution is 5.99. The summed E-state index contributed by atoms with van der Waals surface area (Å²) in [6, 6.07) is 0. The molecule has 4 heteroatoms. The first-order valence-corrected chi connectivity index (χ1v) is 6.68. The summed E-state index contributed by atoms with van der Waals surface area (Å²) in [4.78, 5) is 23.9. The lowest BCUT2D eigenvalue weighted by molar-refractivity contribution is -0.140. The Morgan fingerprint density at radius 2 is 2.16 bits per heavy atom. The van der Waals surface area contributed by atoms with Crippen molar-refractivity contribution in [1.29, 1.82) is 0 Å². The van der Waals surface area contributed by atoms with Crippen LogP contribution in [0.25, 0.3) is 0 Å². The van der Waals surface area contributed by atoms with Crippen LogP contribution in [0.2, 0.25) is 0 Å². The predicted octanol–water partition coefficient (Wildman–Crippen LogP) is 1.25. The minimum atomic E-state index is -0.922. The molecule has 1 aliphatic heterocycles. The lowest BCUT2D eigenvalue weighted by Gasteiger charge is -2.37. The van der Waals surface area contributed by atoms with Gasteiger partial charge in [0.1, 0.15) is 6.10 Å². The van der Waals surface area contributed by atoms with Gasteiger partial charge in [0.05, 0.1) is 17.4 Å². The smallest absolute Gasteiger partial charge is 0.334 e. The highest BCUT2D eigenvalue weighted by atomic mass is 16.6. The first-order valence-electron chi connectivity index (χ1n) is 6.68. The maximum atomic E-state index is 12.2. The van der Waals surface area contributed by atoms with Crippen LogP contribution >= 0.6 is 0 Å². The minimum Gasteiger partial charge on any atom is -0.458 e. The van der Waals surface area contributed by atoms with Gasteiger partial charge in [0.2, 0.25) is 0 Å². The van der Waals surface area contributed by atoms with Crippen LogP contribution in [-0.2, 0) is 14.3 Å². The normalized spacial score (nSPS) is 48.8. The van der Waals surface area contributed by atoms with E-state index in [4.69, 9.17) is 4.74 Å². The highest BCUT2D eigenvalue weighted by Crippen LogP contribution is 2.52. The molecule has 3 aliphatic rings. The quantitative estimate of drug-likeness (QED) is 0.527. The van der Waals surface area contributed by atoms with Gasteiger partial charge < -0.3 is 9.84 Å². The van der Waals surface area contributed by atoms with Crippen LogP contribution in [0.5, 0.6) is 0 Å². The largest absolute Gasteiger partial charge is 0.458 e. The maximum absolute atomic E-state index is 12.2. The van der Waals surface area contributed by atoms with Gasteiger partial charge in [-0.05, 0) is 31.3 Å². The molecule has 0 amide bonds. The van der Waals surface area contributed by atoms with E-state index in [0.29, 0.717) is 12.0 Å². The van der Waals surface area contributed by atoms with Crippen LogP contribution in [0.15, 0.2) is 24.3 Å². The first-order chi connectivity index (χ1) is 8.87. The summed E-state index contributed by atoms with van der Waals surface area (Å²) in [5, 5.41) is 10.7. The molecule has 1 heterocycles. The number of aliphatic hydroxyl groups is 1. The van der Waals surface area contributed by atoms with E-state index in [2.05, 4.69) is 6.58 Å². The lowest BCUT2D eigenvalue weighted by Crippen LogP contribution is -2.46. The van der Waals surface area contributed by atoms with E-state index >= 15 is 0 Å². The third kappa shape index (κ3) is 1.43. The van der Waals surface area contributed by atoms with Crippen LogP contribution in [0.3, 0.4) is 0 Å². The molecule has 0 spiro atoms. The lowest BCUT2D eigenvalue weighted by atomic mass is 9.67. The molecular formula is C15H18O4. The number of ether oxygens (including phenoxy) is 1. The number of aliphatic hydroxyl groups excluding tert-OH is 1. The average Bonchev–Trinajstić information content (AvgIpc) is 2.77. The molecule has 6 atom stereocenters. The SMILES string of the molecule is C=C1C(=O)O[C@H]2C[C@@H](C)[C@@H]3C=CC(=O)[C@@]3(C)C(O)[C@H]12. The third-order valence-corrected chi connectivity index (χ3v) is 5.17. The van der Waals surface area contributed by atoms with Gasteiger partial charge in [-0.2, -0.15) is 0 Å². The summed E-state index contributed by atoms with van der Waals surface area (Å²) >= 11 is 0. The van der Waals surface area contributed by atoms with E-state index in [0.717, 1.165) is 0 Å². The van der Waals surface area contributed by atoms with E-state index in [9.17, 15) is 14.7 Å². The van der Waals surface area contributed by atoms with E-state index < -0.39 is 23.4 Å². The zero-order chi connectivity index (χ0) is 13.9. The van der Waals surface area contributed by atoms with Crippen molar-refractivity contribution in [2.75, 3.05) is 0 Å². The molecule has 102 valence electrons. The monoisotopic (exact) mass is 262 g/mol. The van der Waals surface area contributed by atoms with E-state index in [-0.39, 0.29) is 23.7 Å². The van der Waals surface area contributed by atoms with Gasteiger partial charge in [-0.1, -0.05) is 19.6 Å². The van der Waals surface area contributed by atoms with Gasteiger partial charge in [0, 0.05) is 5.57 Å². The number of allylic oxidation sites excluding steroid dienone is 2. The molecule has 1 saturated heterocycles. The van der Waals surface area contributed by atoms with E-state index in [1.165, 1.54) is 0 Å². The molecule has 1 saturated carbocycles. The number of esters is 1. The Hall–Kier alpha value is -1.42. The molecule has 0 aromatic heterocycles. The van der Waals surface area contributed by atoms with Crippen molar-refractivity contribution >= 4 is 11.8 Å². The van der Waals surface area contributed by atoms with Crippen molar-refractivity contribution in [2.24, 2.45) is 23.2 Å². The molecule has 3 rings (SSSR count). The molecule has 1 N–H and O–H groups in total. The molecule has 0 aromatic carbocycles. The second-order valence-corrected chi connectivity index (χ2v) is 6.18. The Balaban J connectivity index is 2.08. The minimum absolute atomic E-state index is 0.00731. The molecule has 0 bridgehead atoms. The Kier molecular flexibility index (Phi) is 2.52. The van der Waals surface area contributed by atoms with Crippen LogP contribution in [0.4, 0.5) is 0 Å². The first kappa shape index (κ1) is 12.6. The summed E-state index contributed by atoms with van der Waals surface area (Å²) in [5.41, 5.74) is -0.568. The van der Waals surface area contributed by atoms with Gasteiger partial charge in [-0.3, -0.25) is 4.79 Å². The number of rotatable bonds is 0. The predicted molar refractivity (Wildman–Crippen MR) is 68.0 cm³/mol. The van der Waals surface area contributed by atoms with Gasteiger partial charge >= 0.3 is 5.97 Å². The van der Waals surface area contributed by atoms with Crippen LogP contribution in [0.1, 0.15) is 20.3 Å². The van der Waals surface area contributed by atoms with Gasteiger partial charge in [0.15, 0.2) is 5.78 Å². The zero-order valence-corrected chi connectivity index (χ0v) is 11.1. The molecule has 0 aromatic rings. The molecule has 4 nitrogen and oxygen atoms in total. The van der Waals surface area contributed by atoms with Crippen molar-refractivity contribution in [2.45, 2.75) is 32.5 Å². The Morgan fingerprint density at radius 1 is 1.47 bits per heavy atom. The summed E-state index contributed by atoms with van der Waals surface area (Å²) < 4.78 is 5.31. The number of carbonyl (C=O) groups is 2. The number of hydrogen-bond acceptors (Lipinski definition) is 4.